The molecule has 0 amide bonds. The van der Waals surface area contributed by atoms with Gasteiger partial charge in [0.2, 0.25) is 0 Å². The highest BCUT2D eigenvalue weighted by Gasteiger charge is 2.17. The Kier molecular flexibility index (Phi) is 4.46. The molecule has 0 radical (unpaired) electrons. The van der Waals surface area contributed by atoms with Crippen LogP contribution in [0.4, 0.5) is 0 Å². The van der Waals surface area contributed by atoms with Gasteiger partial charge in [0.05, 0.1) is 13.2 Å². The van der Waals surface area contributed by atoms with E-state index in [0.29, 0.717) is 23.7 Å². The number of ether oxygens (including phenoxy) is 3. The van der Waals surface area contributed by atoms with Crippen molar-refractivity contribution in [3.05, 3.63) is 23.8 Å². The molecule has 1 aromatic carbocycles. The van der Waals surface area contributed by atoms with Gasteiger partial charge in [0, 0.05) is 12.2 Å². The fraction of sp³-hybridized carbons (Fsp3) is 0.462. The summed E-state index contributed by atoms with van der Waals surface area (Å²) in [6.07, 6.45) is 2.24. The Labute approximate surface area is 111 Å². The summed E-state index contributed by atoms with van der Waals surface area (Å²) in [6.45, 7) is 1.30. The molecular formula is C13H18N2O4. The third-order valence-electron chi connectivity index (χ3n) is 3.02. The molecule has 2 rings (SSSR count). The number of methoxy groups -OCH3 is 1. The normalized spacial score (nSPS) is 19.4. The molecule has 1 saturated heterocycles. The molecule has 0 spiro atoms. The third kappa shape index (κ3) is 3.29. The van der Waals surface area contributed by atoms with E-state index in [-0.39, 0.29) is 11.9 Å². The molecule has 1 fully saturated rings. The van der Waals surface area contributed by atoms with Crippen LogP contribution in [0.15, 0.2) is 23.4 Å². The lowest BCUT2D eigenvalue weighted by Gasteiger charge is -2.14. The van der Waals surface area contributed by atoms with Crippen molar-refractivity contribution >= 4 is 5.84 Å². The summed E-state index contributed by atoms with van der Waals surface area (Å²) in [4.78, 5) is 0. The maximum Gasteiger partial charge on any atom is 0.170 e. The Balaban J connectivity index is 2.07. The number of hydrogen-bond donors (Lipinski definition) is 2. The largest absolute Gasteiger partial charge is 0.493 e. The standard InChI is InChI=1S/C13H18N2O4/c1-17-12-7-9(13(14)15-16)4-5-11(12)19-8-10-3-2-6-18-10/h4-5,7,10,16H,2-3,6,8H2,1H3,(H2,14,15). The van der Waals surface area contributed by atoms with Crippen LogP contribution in [-0.4, -0.2) is 37.5 Å². The average molecular weight is 266 g/mol. The number of amidine groups is 1. The molecule has 1 atom stereocenters. The van der Waals surface area contributed by atoms with Gasteiger partial charge >= 0.3 is 0 Å². The minimum absolute atomic E-state index is 0.0315. The SMILES string of the molecule is COc1cc(/C(N)=N/O)ccc1OCC1CCCO1. The lowest BCUT2D eigenvalue weighted by atomic mass is 10.2. The summed E-state index contributed by atoms with van der Waals surface area (Å²) < 4.78 is 16.4. The van der Waals surface area contributed by atoms with Gasteiger partial charge in [-0.3, -0.25) is 0 Å². The highest BCUT2D eigenvalue weighted by Crippen LogP contribution is 2.28. The van der Waals surface area contributed by atoms with E-state index in [2.05, 4.69) is 5.16 Å². The summed E-state index contributed by atoms with van der Waals surface area (Å²) >= 11 is 0. The zero-order chi connectivity index (χ0) is 13.7. The molecule has 19 heavy (non-hydrogen) atoms. The predicted molar refractivity (Wildman–Crippen MR) is 70.0 cm³/mol. The van der Waals surface area contributed by atoms with Gasteiger partial charge in [-0.15, -0.1) is 0 Å². The van der Waals surface area contributed by atoms with E-state index in [0.717, 1.165) is 19.4 Å². The van der Waals surface area contributed by atoms with Crippen molar-refractivity contribution in [3.8, 4) is 11.5 Å². The lowest BCUT2D eigenvalue weighted by Crippen LogP contribution is -2.17. The first-order chi connectivity index (χ1) is 9.24. The van der Waals surface area contributed by atoms with Crippen LogP contribution in [0.3, 0.4) is 0 Å². The van der Waals surface area contributed by atoms with Crippen LogP contribution in [-0.2, 0) is 4.74 Å². The van der Waals surface area contributed by atoms with Crippen molar-refractivity contribution in [1.82, 2.24) is 0 Å². The molecule has 0 bridgehead atoms. The van der Waals surface area contributed by atoms with Crippen molar-refractivity contribution in [3.63, 3.8) is 0 Å². The molecule has 0 aliphatic carbocycles. The van der Waals surface area contributed by atoms with Gasteiger partial charge in [-0.25, -0.2) is 0 Å². The summed E-state index contributed by atoms with van der Waals surface area (Å²) in [5.74, 6) is 1.19. The maximum atomic E-state index is 8.64. The number of rotatable bonds is 5. The molecule has 104 valence electrons. The Morgan fingerprint density at radius 2 is 2.37 bits per heavy atom. The molecule has 3 N–H and O–H groups in total. The van der Waals surface area contributed by atoms with Crippen LogP contribution in [0.2, 0.25) is 0 Å². The molecule has 6 heteroatoms. The van der Waals surface area contributed by atoms with E-state index in [1.165, 1.54) is 0 Å². The van der Waals surface area contributed by atoms with Gasteiger partial charge in [0.1, 0.15) is 6.61 Å². The van der Waals surface area contributed by atoms with Crippen LogP contribution in [0.1, 0.15) is 18.4 Å². The summed E-state index contributed by atoms with van der Waals surface area (Å²) in [5.41, 5.74) is 6.10. The number of nitrogens with zero attached hydrogens (tertiary/aromatic N) is 1. The van der Waals surface area contributed by atoms with Crippen molar-refractivity contribution in [2.75, 3.05) is 20.3 Å². The molecule has 1 aliphatic heterocycles. The Morgan fingerprint density at radius 1 is 1.53 bits per heavy atom. The number of nitrogens with two attached hydrogens (primary N) is 1. The number of oxime groups is 1. The second-order valence-electron chi connectivity index (χ2n) is 4.30. The van der Waals surface area contributed by atoms with Crippen LogP contribution in [0, 0.1) is 0 Å². The first-order valence-electron chi connectivity index (χ1n) is 6.15. The highest BCUT2D eigenvalue weighted by molar-refractivity contribution is 5.97. The molecule has 1 heterocycles. The number of hydrogen-bond acceptors (Lipinski definition) is 5. The minimum atomic E-state index is 0.0315. The van der Waals surface area contributed by atoms with Gasteiger partial charge in [-0.1, -0.05) is 5.16 Å². The molecule has 0 saturated carbocycles. The molecule has 1 unspecified atom stereocenters. The minimum Gasteiger partial charge on any atom is -0.493 e. The highest BCUT2D eigenvalue weighted by atomic mass is 16.5. The van der Waals surface area contributed by atoms with E-state index in [9.17, 15) is 0 Å². The van der Waals surface area contributed by atoms with Gasteiger partial charge < -0.3 is 25.2 Å². The molecule has 1 aliphatic rings. The third-order valence-corrected chi connectivity index (χ3v) is 3.02. The van der Waals surface area contributed by atoms with Crippen LogP contribution < -0.4 is 15.2 Å². The van der Waals surface area contributed by atoms with E-state index in [1.54, 1.807) is 25.3 Å². The van der Waals surface area contributed by atoms with Crippen molar-refractivity contribution in [1.29, 1.82) is 0 Å². The Hall–Kier alpha value is -1.95. The fourth-order valence-electron chi connectivity index (χ4n) is 1.96. The fourth-order valence-corrected chi connectivity index (χ4v) is 1.96. The van der Waals surface area contributed by atoms with Gasteiger partial charge in [-0.05, 0) is 31.0 Å². The Bertz CT molecular complexity index is 456. The van der Waals surface area contributed by atoms with Gasteiger partial charge in [-0.2, -0.15) is 0 Å². The van der Waals surface area contributed by atoms with Gasteiger partial charge in [0.15, 0.2) is 17.3 Å². The van der Waals surface area contributed by atoms with Crippen molar-refractivity contribution in [2.24, 2.45) is 10.9 Å². The second-order valence-corrected chi connectivity index (χ2v) is 4.30. The van der Waals surface area contributed by atoms with E-state index in [4.69, 9.17) is 25.2 Å². The predicted octanol–water partition coefficient (Wildman–Crippen LogP) is 1.35. The quantitative estimate of drug-likeness (QED) is 0.363. The maximum absolute atomic E-state index is 8.64. The van der Waals surface area contributed by atoms with Gasteiger partial charge in [0.25, 0.3) is 0 Å². The Morgan fingerprint density at radius 3 is 3.00 bits per heavy atom. The van der Waals surface area contributed by atoms with E-state index in [1.807, 2.05) is 0 Å². The van der Waals surface area contributed by atoms with Crippen LogP contribution >= 0.6 is 0 Å². The van der Waals surface area contributed by atoms with Crippen molar-refractivity contribution < 1.29 is 19.4 Å². The molecular weight excluding hydrogens is 248 g/mol. The smallest absolute Gasteiger partial charge is 0.170 e. The summed E-state index contributed by atoms with van der Waals surface area (Å²) in [5, 5.41) is 11.6. The topological polar surface area (TPSA) is 86.3 Å². The van der Waals surface area contributed by atoms with E-state index >= 15 is 0 Å². The van der Waals surface area contributed by atoms with Crippen molar-refractivity contribution in [2.45, 2.75) is 18.9 Å². The zero-order valence-electron chi connectivity index (χ0n) is 10.8. The van der Waals surface area contributed by atoms with E-state index < -0.39 is 0 Å². The second kappa shape index (κ2) is 6.29. The summed E-state index contributed by atoms with van der Waals surface area (Å²) in [7, 11) is 1.55. The first-order valence-corrected chi connectivity index (χ1v) is 6.15. The summed E-state index contributed by atoms with van der Waals surface area (Å²) in [6, 6.07) is 5.11. The van der Waals surface area contributed by atoms with Crippen LogP contribution in [0.25, 0.3) is 0 Å². The average Bonchev–Trinajstić information content (AvgIpc) is 2.97. The molecule has 0 aromatic heterocycles. The van der Waals surface area contributed by atoms with Crippen LogP contribution in [0.5, 0.6) is 11.5 Å². The zero-order valence-corrected chi connectivity index (χ0v) is 10.8. The molecule has 6 nitrogen and oxygen atoms in total. The first kappa shape index (κ1) is 13.5. The number of benzene rings is 1. The lowest BCUT2D eigenvalue weighted by molar-refractivity contribution is 0.0670. The molecule has 1 aromatic rings. The monoisotopic (exact) mass is 266 g/mol.